The molecule has 100 valence electrons. The molecular weight excluding hydrogens is 268 g/mol. The second kappa shape index (κ2) is 5.66. The zero-order chi connectivity index (χ0) is 13.8. The maximum Gasteiger partial charge on any atom is 0.374 e. The predicted molar refractivity (Wildman–Crippen MR) is 68.4 cm³/mol. The molecule has 0 aliphatic rings. The zero-order valence-corrected chi connectivity index (χ0v) is 10.9. The van der Waals surface area contributed by atoms with E-state index in [0.717, 1.165) is 11.6 Å². The third-order valence-corrected chi connectivity index (χ3v) is 3.19. The minimum Gasteiger partial charge on any atom is -0.475 e. The van der Waals surface area contributed by atoms with Gasteiger partial charge in [0.15, 0.2) is 5.69 Å². The summed E-state index contributed by atoms with van der Waals surface area (Å²) in [6.45, 7) is 1.87. The Hall–Kier alpha value is -2.15. The van der Waals surface area contributed by atoms with Crippen LogP contribution in [0.5, 0.6) is 0 Å². The lowest BCUT2D eigenvalue weighted by Crippen LogP contribution is -2.34. The highest BCUT2D eigenvalue weighted by Gasteiger charge is 2.18. The molecule has 1 unspecified atom stereocenters. The number of nitrogens with zero attached hydrogens (tertiary/aromatic N) is 1. The van der Waals surface area contributed by atoms with Gasteiger partial charge in [-0.1, -0.05) is 5.16 Å². The van der Waals surface area contributed by atoms with Crippen molar-refractivity contribution >= 4 is 23.2 Å². The van der Waals surface area contributed by atoms with Crippen LogP contribution in [0.2, 0.25) is 0 Å². The molecule has 6 nitrogen and oxygen atoms in total. The Labute approximate surface area is 113 Å². The van der Waals surface area contributed by atoms with E-state index in [1.807, 2.05) is 23.8 Å². The van der Waals surface area contributed by atoms with Gasteiger partial charge in [0.2, 0.25) is 5.76 Å². The fourth-order valence-electron chi connectivity index (χ4n) is 1.59. The van der Waals surface area contributed by atoms with E-state index in [1.54, 1.807) is 11.3 Å². The number of carboxylic acids is 1. The Bertz CT molecular complexity index is 576. The monoisotopic (exact) mass is 280 g/mol. The lowest BCUT2D eigenvalue weighted by molar-refractivity contribution is 0.0651. The summed E-state index contributed by atoms with van der Waals surface area (Å²) < 4.78 is 4.53. The van der Waals surface area contributed by atoms with Crippen molar-refractivity contribution in [3.63, 3.8) is 0 Å². The summed E-state index contributed by atoms with van der Waals surface area (Å²) in [5.41, 5.74) is 1.11. The number of carboxylic acid groups (broad SMARTS) is 1. The van der Waals surface area contributed by atoms with Gasteiger partial charge < -0.3 is 14.9 Å². The summed E-state index contributed by atoms with van der Waals surface area (Å²) >= 11 is 1.60. The molecule has 1 atom stereocenters. The lowest BCUT2D eigenvalue weighted by Gasteiger charge is -2.11. The van der Waals surface area contributed by atoms with Crippen molar-refractivity contribution in [2.45, 2.75) is 19.4 Å². The summed E-state index contributed by atoms with van der Waals surface area (Å²) in [6.07, 6.45) is 0.707. The minimum atomic E-state index is -1.25. The number of rotatable bonds is 5. The Morgan fingerprint density at radius 3 is 2.95 bits per heavy atom. The molecule has 0 aliphatic heterocycles. The molecule has 2 aromatic heterocycles. The van der Waals surface area contributed by atoms with Gasteiger partial charge in [0, 0.05) is 12.1 Å². The first-order chi connectivity index (χ1) is 9.06. The molecule has 19 heavy (non-hydrogen) atoms. The number of carbonyl (C=O) groups is 2. The Morgan fingerprint density at radius 2 is 2.37 bits per heavy atom. The first-order valence-electron chi connectivity index (χ1n) is 5.58. The number of thiophene rings is 1. The summed E-state index contributed by atoms with van der Waals surface area (Å²) in [5, 5.41) is 18.8. The van der Waals surface area contributed by atoms with Crippen molar-refractivity contribution in [2.24, 2.45) is 0 Å². The summed E-state index contributed by atoms with van der Waals surface area (Å²) in [6, 6.07) is 3.02. The third-order valence-electron chi connectivity index (χ3n) is 2.45. The fourth-order valence-corrected chi connectivity index (χ4v) is 2.28. The lowest BCUT2D eigenvalue weighted by atomic mass is 10.1. The highest BCUT2D eigenvalue weighted by molar-refractivity contribution is 7.07. The highest BCUT2D eigenvalue weighted by Crippen LogP contribution is 2.09. The average molecular weight is 280 g/mol. The quantitative estimate of drug-likeness (QED) is 0.871. The SMILES string of the molecule is CC(Cc1ccsc1)NC(=O)c1cc(C(=O)O)on1. The van der Waals surface area contributed by atoms with Gasteiger partial charge in [-0.2, -0.15) is 11.3 Å². The van der Waals surface area contributed by atoms with E-state index in [1.165, 1.54) is 0 Å². The van der Waals surface area contributed by atoms with E-state index < -0.39 is 11.9 Å². The molecule has 7 heteroatoms. The largest absolute Gasteiger partial charge is 0.475 e. The summed E-state index contributed by atoms with van der Waals surface area (Å²) in [5.74, 6) is -2.05. The molecule has 2 rings (SSSR count). The number of aromatic nitrogens is 1. The predicted octanol–water partition coefficient (Wildman–Crippen LogP) is 1.80. The molecular formula is C12H12N2O4S. The van der Waals surface area contributed by atoms with Crippen molar-refractivity contribution < 1.29 is 19.2 Å². The van der Waals surface area contributed by atoms with E-state index in [-0.39, 0.29) is 17.5 Å². The Morgan fingerprint density at radius 1 is 1.58 bits per heavy atom. The molecule has 1 amide bonds. The van der Waals surface area contributed by atoms with Gasteiger partial charge in [-0.05, 0) is 35.7 Å². The number of hydrogen-bond acceptors (Lipinski definition) is 5. The van der Waals surface area contributed by atoms with Crippen molar-refractivity contribution in [1.29, 1.82) is 0 Å². The van der Waals surface area contributed by atoms with Crippen LogP contribution in [0, 0.1) is 0 Å². The molecule has 0 fully saturated rings. The van der Waals surface area contributed by atoms with Gasteiger partial charge in [-0.3, -0.25) is 4.79 Å². The van der Waals surface area contributed by atoms with Crippen LogP contribution in [0.1, 0.15) is 33.5 Å². The summed E-state index contributed by atoms with van der Waals surface area (Å²) in [4.78, 5) is 22.4. The maximum absolute atomic E-state index is 11.8. The van der Waals surface area contributed by atoms with Crippen molar-refractivity contribution in [1.82, 2.24) is 10.5 Å². The molecule has 0 spiro atoms. The van der Waals surface area contributed by atoms with Crippen LogP contribution in [0.25, 0.3) is 0 Å². The number of aromatic carboxylic acids is 1. The molecule has 2 heterocycles. The van der Waals surface area contributed by atoms with Crippen LogP contribution < -0.4 is 5.32 Å². The third kappa shape index (κ3) is 3.41. The first-order valence-corrected chi connectivity index (χ1v) is 6.52. The zero-order valence-electron chi connectivity index (χ0n) is 10.1. The molecule has 2 N–H and O–H groups in total. The van der Waals surface area contributed by atoms with Gasteiger partial charge in [-0.15, -0.1) is 0 Å². The van der Waals surface area contributed by atoms with Gasteiger partial charge in [0.1, 0.15) is 0 Å². The van der Waals surface area contributed by atoms with E-state index in [2.05, 4.69) is 15.0 Å². The van der Waals surface area contributed by atoms with Crippen LogP contribution >= 0.6 is 11.3 Å². The van der Waals surface area contributed by atoms with Gasteiger partial charge in [0.05, 0.1) is 0 Å². The molecule has 0 bridgehead atoms. The van der Waals surface area contributed by atoms with Crippen LogP contribution in [0.4, 0.5) is 0 Å². The Balaban J connectivity index is 1.94. The van der Waals surface area contributed by atoms with E-state index in [4.69, 9.17) is 5.11 Å². The number of carbonyl (C=O) groups excluding carboxylic acids is 1. The first kappa shape index (κ1) is 13.3. The smallest absolute Gasteiger partial charge is 0.374 e. The topological polar surface area (TPSA) is 92.4 Å². The second-order valence-electron chi connectivity index (χ2n) is 4.09. The van der Waals surface area contributed by atoms with E-state index >= 15 is 0 Å². The Kier molecular flexibility index (Phi) is 3.96. The maximum atomic E-state index is 11.8. The van der Waals surface area contributed by atoms with Crippen LogP contribution in [-0.4, -0.2) is 28.2 Å². The van der Waals surface area contributed by atoms with E-state index in [0.29, 0.717) is 6.42 Å². The van der Waals surface area contributed by atoms with Crippen LogP contribution in [-0.2, 0) is 6.42 Å². The molecule has 0 aromatic carbocycles. The molecule has 2 aromatic rings. The van der Waals surface area contributed by atoms with Crippen LogP contribution in [0.3, 0.4) is 0 Å². The van der Waals surface area contributed by atoms with Gasteiger partial charge in [0.25, 0.3) is 5.91 Å². The highest BCUT2D eigenvalue weighted by atomic mass is 32.1. The molecule has 0 radical (unpaired) electrons. The number of nitrogens with one attached hydrogen (secondary N) is 1. The van der Waals surface area contributed by atoms with Gasteiger partial charge >= 0.3 is 5.97 Å². The standard InChI is InChI=1S/C12H12N2O4S/c1-7(4-8-2-3-19-6-8)13-11(15)9-5-10(12(16)17)18-14-9/h2-3,5-7H,4H2,1H3,(H,13,15)(H,16,17). The van der Waals surface area contributed by atoms with Crippen molar-refractivity contribution in [3.05, 3.63) is 39.9 Å². The minimum absolute atomic E-state index is 0.0328. The van der Waals surface area contributed by atoms with Crippen molar-refractivity contribution in [2.75, 3.05) is 0 Å². The molecule has 0 saturated carbocycles. The fraction of sp³-hybridized carbons (Fsp3) is 0.250. The van der Waals surface area contributed by atoms with Gasteiger partial charge in [-0.25, -0.2) is 4.79 Å². The van der Waals surface area contributed by atoms with Crippen LogP contribution in [0.15, 0.2) is 27.4 Å². The van der Waals surface area contributed by atoms with E-state index in [9.17, 15) is 9.59 Å². The average Bonchev–Trinajstić information content (AvgIpc) is 2.98. The molecule has 0 saturated heterocycles. The van der Waals surface area contributed by atoms with Crippen molar-refractivity contribution in [3.8, 4) is 0 Å². The summed E-state index contributed by atoms with van der Waals surface area (Å²) in [7, 11) is 0. The number of hydrogen-bond donors (Lipinski definition) is 2. The normalized spacial score (nSPS) is 12.1. The molecule has 0 aliphatic carbocycles. The second-order valence-corrected chi connectivity index (χ2v) is 4.87. The number of amides is 1.